The van der Waals surface area contributed by atoms with Crippen LogP contribution in [-0.4, -0.2) is 24.0 Å². The number of allylic oxidation sites excluding steroid dienone is 2. The molecule has 1 aromatic rings. The van der Waals surface area contributed by atoms with Crippen LogP contribution < -0.4 is 5.32 Å². The molecule has 0 spiro atoms. The summed E-state index contributed by atoms with van der Waals surface area (Å²) in [7, 11) is 1.31. The molecule has 96 valence electrons. The molecule has 5 nitrogen and oxygen atoms in total. The predicted octanol–water partition coefficient (Wildman–Crippen LogP) is 2.22. The van der Waals surface area contributed by atoms with Crippen LogP contribution in [0.4, 0.5) is 5.13 Å². The Bertz CT molecular complexity index is 481. The average Bonchev–Trinajstić information content (AvgIpc) is 2.87. The summed E-state index contributed by atoms with van der Waals surface area (Å²) < 4.78 is 4.58. The van der Waals surface area contributed by atoms with Crippen LogP contribution in [-0.2, 0) is 9.53 Å². The van der Waals surface area contributed by atoms with E-state index < -0.39 is 5.97 Å². The van der Waals surface area contributed by atoms with Gasteiger partial charge in [-0.05, 0) is 19.3 Å². The third-order valence-corrected chi connectivity index (χ3v) is 3.66. The number of methoxy groups -OCH3 is 1. The lowest BCUT2D eigenvalue weighted by Gasteiger charge is -2.15. The van der Waals surface area contributed by atoms with E-state index in [0.29, 0.717) is 10.0 Å². The third-order valence-electron chi connectivity index (χ3n) is 2.76. The van der Waals surface area contributed by atoms with Crippen molar-refractivity contribution in [2.24, 2.45) is 5.92 Å². The first-order chi connectivity index (χ1) is 8.70. The van der Waals surface area contributed by atoms with E-state index in [-0.39, 0.29) is 11.8 Å². The minimum absolute atomic E-state index is 0.000441. The predicted molar refractivity (Wildman–Crippen MR) is 68.6 cm³/mol. The second kappa shape index (κ2) is 5.77. The quantitative estimate of drug-likeness (QED) is 0.673. The molecule has 0 aromatic carbocycles. The Morgan fingerprint density at radius 2 is 2.33 bits per heavy atom. The minimum Gasteiger partial charge on any atom is -0.465 e. The molecule has 0 fully saturated rings. The number of aromatic nitrogens is 1. The maximum absolute atomic E-state index is 11.9. The highest BCUT2D eigenvalue weighted by atomic mass is 32.1. The Morgan fingerprint density at radius 3 is 3.00 bits per heavy atom. The molecule has 1 amide bonds. The molecular formula is C12H14N2O3S. The smallest absolute Gasteiger partial charge is 0.349 e. The average molecular weight is 266 g/mol. The molecule has 1 N–H and O–H groups in total. The van der Waals surface area contributed by atoms with Gasteiger partial charge in [-0.2, -0.15) is 0 Å². The van der Waals surface area contributed by atoms with Gasteiger partial charge in [0, 0.05) is 5.92 Å². The van der Waals surface area contributed by atoms with Crippen molar-refractivity contribution in [2.45, 2.75) is 19.3 Å². The van der Waals surface area contributed by atoms with Crippen molar-refractivity contribution < 1.29 is 14.3 Å². The first kappa shape index (κ1) is 12.8. The number of rotatable bonds is 3. The lowest BCUT2D eigenvalue weighted by atomic mass is 9.94. The van der Waals surface area contributed by atoms with Crippen molar-refractivity contribution in [3.05, 3.63) is 23.2 Å². The zero-order chi connectivity index (χ0) is 13.0. The largest absolute Gasteiger partial charge is 0.465 e. The Hall–Kier alpha value is -1.69. The van der Waals surface area contributed by atoms with E-state index in [2.05, 4.69) is 21.1 Å². The fourth-order valence-electron chi connectivity index (χ4n) is 1.77. The summed E-state index contributed by atoms with van der Waals surface area (Å²) in [6, 6.07) is 0. The normalized spacial score (nSPS) is 18.4. The molecule has 1 aromatic heterocycles. The second-order valence-corrected chi connectivity index (χ2v) is 5.02. The van der Waals surface area contributed by atoms with Crippen molar-refractivity contribution in [3.8, 4) is 0 Å². The maximum atomic E-state index is 11.9. The van der Waals surface area contributed by atoms with Crippen molar-refractivity contribution in [2.75, 3.05) is 12.4 Å². The lowest BCUT2D eigenvalue weighted by molar-refractivity contribution is -0.120. The topological polar surface area (TPSA) is 68.3 Å². The fraction of sp³-hybridized carbons (Fsp3) is 0.417. The van der Waals surface area contributed by atoms with Crippen molar-refractivity contribution in [3.63, 3.8) is 0 Å². The van der Waals surface area contributed by atoms with E-state index in [0.717, 1.165) is 30.6 Å². The van der Waals surface area contributed by atoms with Crippen LogP contribution in [0.25, 0.3) is 0 Å². The monoisotopic (exact) mass is 266 g/mol. The van der Waals surface area contributed by atoms with E-state index >= 15 is 0 Å². The van der Waals surface area contributed by atoms with Gasteiger partial charge in [-0.25, -0.2) is 9.78 Å². The number of esters is 1. The molecule has 0 saturated heterocycles. The summed E-state index contributed by atoms with van der Waals surface area (Å²) in [5.74, 6) is -0.473. The van der Waals surface area contributed by atoms with Gasteiger partial charge in [0.2, 0.25) is 5.91 Å². The number of carbonyl (C=O) groups excluding carboxylic acids is 2. The van der Waals surface area contributed by atoms with Crippen LogP contribution in [0.15, 0.2) is 18.3 Å². The van der Waals surface area contributed by atoms with E-state index in [1.165, 1.54) is 13.3 Å². The SMILES string of the molecule is COC(=O)c1cnc(NC(=O)C2CC=CCC2)s1. The molecular weight excluding hydrogens is 252 g/mol. The first-order valence-corrected chi connectivity index (χ1v) is 6.52. The van der Waals surface area contributed by atoms with Crippen LogP contribution in [0.5, 0.6) is 0 Å². The number of anilines is 1. The van der Waals surface area contributed by atoms with E-state index in [1.807, 2.05) is 6.08 Å². The second-order valence-electron chi connectivity index (χ2n) is 3.99. The molecule has 1 unspecified atom stereocenters. The molecule has 1 atom stereocenters. The highest BCUT2D eigenvalue weighted by molar-refractivity contribution is 7.17. The van der Waals surface area contributed by atoms with Crippen LogP contribution >= 0.6 is 11.3 Å². The van der Waals surface area contributed by atoms with Gasteiger partial charge in [-0.15, -0.1) is 0 Å². The number of thiazole rings is 1. The van der Waals surface area contributed by atoms with Gasteiger partial charge in [0.15, 0.2) is 5.13 Å². The molecule has 1 aliphatic carbocycles. The van der Waals surface area contributed by atoms with Crippen molar-refractivity contribution >= 4 is 28.3 Å². The van der Waals surface area contributed by atoms with Gasteiger partial charge in [-0.3, -0.25) is 4.79 Å². The van der Waals surface area contributed by atoms with Crippen molar-refractivity contribution in [1.29, 1.82) is 0 Å². The third kappa shape index (κ3) is 2.95. The van der Waals surface area contributed by atoms with Crippen LogP contribution in [0.1, 0.15) is 28.9 Å². The highest BCUT2D eigenvalue weighted by Gasteiger charge is 2.20. The van der Waals surface area contributed by atoms with Gasteiger partial charge in [0.05, 0.1) is 13.3 Å². The highest BCUT2D eigenvalue weighted by Crippen LogP contribution is 2.23. The molecule has 18 heavy (non-hydrogen) atoms. The van der Waals surface area contributed by atoms with Gasteiger partial charge in [0.1, 0.15) is 4.88 Å². The summed E-state index contributed by atoms with van der Waals surface area (Å²) in [6.45, 7) is 0. The minimum atomic E-state index is -0.436. The maximum Gasteiger partial charge on any atom is 0.349 e. The number of carbonyl (C=O) groups is 2. The van der Waals surface area contributed by atoms with Crippen LogP contribution in [0.3, 0.4) is 0 Å². The standard InChI is InChI=1S/C12H14N2O3S/c1-17-11(16)9-7-13-12(18-9)14-10(15)8-5-3-2-4-6-8/h2-3,7-8H,4-6H2,1H3,(H,13,14,15). The molecule has 0 saturated carbocycles. The molecule has 0 aliphatic heterocycles. The molecule has 2 rings (SSSR count). The molecule has 6 heteroatoms. The van der Waals surface area contributed by atoms with Crippen molar-refractivity contribution in [1.82, 2.24) is 4.98 Å². The first-order valence-electron chi connectivity index (χ1n) is 5.70. The summed E-state index contributed by atoms with van der Waals surface area (Å²) in [5, 5.41) is 3.18. The Morgan fingerprint density at radius 1 is 1.50 bits per heavy atom. The molecule has 1 heterocycles. The van der Waals surface area contributed by atoms with Gasteiger partial charge >= 0.3 is 5.97 Å². The number of nitrogens with one attached hydrogen (secondary N) is 1. The zero-order valence-corrected chi connectivity index (χ0v) is 10.8. The summed E-state index contributed by atoms with van der Waals surface area (Å²) in [6.07, 6.45) is 8.08. The number of ether oxygens (including phenoxy) is 1. The lowest BCUT2D eigenvalue weighted by Crippen LogP contribution is -2.23. The molecule has 1 aliphatic rings. The van der Waals surface area contributed by atoms with Gasteiger partial charge < -0.3 is 10.1 Å². The summed E-state index contributed by atoms with van der Waals surface area (Å²) in [5.41, 5.74) is 0. The fourth-order valence-corrected chi connectivity index (χ4v) is 2.50. The number of nitrogens with zero attached hydrogens (tertiary/aromatic N) is 1. The number of amides is 1. The number of hydrogen-bond donors (Lipinski definition) is 1. The Balaban J connectivity index is 1.96. The van der Waals surface area contributed by atoms with E-state index in [1.54, 1.807) is 0 Å². The van der Waals surface area contributed by atoms with Gasteiger partial charge in [-0.1, -0.05) is 23.5 Å². The Kier molecular flexibility index (Phi) is 4.09. The van der Waals surface area contributed by atoms with Crippen LogP contribution in [0, 0.1) is 5.92 Å². The molecule has 0 radical (unpaired) electrons. The zero-order valence-electron chi connectivity index (χ0n) is 10.0. The van der Waals surface area contributed by atoms with Gasteiger partial charge in [0.25, 0.3) is 0 Å². The summed E-state index contributed by atoms with van der Waals surface area (Å²) >= 11 is 1.12. The Labute approximate surface area is 109 Å². The number of hydrogen-bond acceptors (Lipinski definition) is 5. The summed E-state index contributed by atoms with van der Waals surface area (Å²) in [4.78, 5) is 27.5. The molecule has 0 bridgehead atoms. The van der Waals surface area contributed by atoms with E-state index in [9.17, 15) is 9.59 Å². The van der Waals surface area contributed by atoms with E-state index in [4.69, 9.17) is 0 Å². The van der Waals surface area contributed by atoms with Crippen LogP contribution in [0.2, 0.25) is 0 Å².